The standard InChI is InChI=1S/C28H30N2O/c31-20-10-9-18-28(19-17-21-11-7-8-16-24(21)28)27-29-25(22-12-3-1-4-13-22)26(30-27)23-14-5-2-6-15-23/h1-8,11-16,25-26,31H,9-10,17-20H2,(H,29,30)/t25-,26-,28+/m1/s1. The van der Waals surface area contributed by atoms with Gasteiger partial charge >= 0.3 is 0 Å². The summed E-state index contributed by atoms with van der Waals surface area (Å²) >= 11 is 0. The van der Waals surface area contributed by atoms with Gasteiger partial charge in [-0.05, 0) is 54.4 Å². The van der Waals surface area contributed by atoms with Crippen molar-refractivity contribution in [2.75, 3.05) is 6.61 Å². The van der Waals surface area contributed by atoms with Crippen molar-refractivity contribution in [3.63, 3.8) is 0 Å². The van der Waals surface area contributed by atoms with Crippen LogP contribution in [0.5, 0.6) is 0 Å². The van der Waals surface area contributed by atoms with Gasteiger partial charge in [0.15, 0.2) is 0 Å². The number of amidine groups is 1. The fourth-order valence-electron chi connectivity index (χ4n) is 5.43. The quantitative estimate of drug-likeness (QED) is 0.504. The van der Waals surface area contributed by atoms with Crippen molar-refractivity contribution in [3.05, 3.63) is 107 Å². The topological polar surface area (TPSA) is 44.6 Å². The van der Waals surface area contributed by atoms with Crippen LogP contribution >= 0.6 is 0 Å². The van der Waals surface area contributed by atoms with Crippen LogP contribution in [0.2, 0.25) is 0 Å². The van der Waals surface area contributed by atoms with Crippen LogP contribution in [0, 0.1) is 0 Å². The van der Waals surface area contributed by atoms with E-state index < -0.39 is 0 Å². The molecule has 3 nitrogen and oxygen atoms in total. The van der Waals surface area contributed by atoms with E-state index in [0.717, 1.165) is 37.9 Å². The smallest absolute Gasteiger partial charge is 0.108 e. The highest BCUT2D eigenvalue weighted by molar-refractivity contribution is 5.96. The van der Waals surface area contributed by atoms with Gasteiger partial charge < -0.3 is 10.4 Å². The van der Waals surface area contributed by atoms with Crippen molar-refractivity contribution in [1.29, 1.82) is 0 Å². The molecule has 158 valence electrons. The monoisotopic (exact) mass is 410 g/mol. The zero-order valence-corrected chi connectivity index (χ0v) is 17.9. The third-order valence-corrected chi connectivity index (χ3v) is 6.99. The van der Waals surface area contributed by atoms with Gasteiger partial charge in [-0.25, -0.2) is 0 Å². The minimum Gasteiger partial charge on any atom is -0.396 e. The van der Waals surface area contributed by atoms with Crippen LogP contribution < -0.4 is 5.32 Å². The number of nitrogens with one attached hydrogen (secondary N) is 1. The Morgan fingerprint density at radius 3 is 2.26 bits per heavy atom. The number of aliphatic hydroxyl groups excluding tert-OH is 1. The summed E-state index contributed by atoms with van der Waals surface area (Å²) in [4.78, 5) is 5.39. The van der Waals surface area contributed by atoms with Gasteiger partial charge in [0, 0.05) is 6.61 Å². The molecule has 1 heterocycles. The predicted octanol–water partition coefficient (Wildman–Crippen LogP) is 5.52. The maximum absolute atomic E-state index is 9.42. The Balaban J connectivity index is 1.58. The van der Waals surface area contributed by atoms with E-state index in [1.54, 1.807) is 0 Å². The van der Waals surface area contributed by atoms with Crippen molar-refractivity contribution in [1.82, 2.24) is 5.32 Å². The maximum atomic E-state index is 9.42. The molecule has 31 heavy (non-hydrogen) atoms. The highest BCUT2D eigenvalue weighted by Gasteiger charge is 2.46. The van der Waals surface area contributed by atoms with E-state index in [-0.39, 0.29) is 24.1 Å². The Morgan fingerprint density at radius 2 is 1.52 bits per heavy atom. The summed E-state index contributed by atoms with van der Waals surface area (Å²) < 4.78 is 0. The van der Waals surface area contributed by atoms with Gasteiger partial charge in [0.25, 0.3) is 0 Å². The van der Waals surface area contributed by atoms with Crippen LogP contribution in [0.1, 0.15) is 60.0 Å². The molecule has 0 unspecified atom stereocenters. The molecule has 3 aromatic carbocycles. The van der Waals surface area contributed by atoms with E-state index in [2.05, 4.69) is 90.2 Å². The Kier molecular flexibility index (Phi) is 5.61. The Labute approximate surface area is 184 Å². The normalized spacial score (nSPS) is 24.5. The van der Waals surface area contributed by atoms with Crippen LogP contribution in [-0.2, 0) is 11.8 Å². The van der Waals surface area contributed by atoms with E-state index in [9.17, 15) is 5.11 Å². The van der Waals surface area contributed by atoms with Crippen molar-refractivity contribution < 1.29 is 5.11 Å². The van der Waals surface area contributed by atoms with E-state index in [4.69, 9.17) is 4.99 Å². The van der Waals surface area contributed by atoms with Crippen molar-refractivity contribution in [2.45, 2.75) is 49.6 Å². The second-order valence-corrected chi connectivity index (χ2v) is 8.79. The molecule has 1 aliphatic heterocycles. The van der Waals surface area contributed by atoms with Crippen LogP contribution in [0.25, 0.3) is 0 Å². The first-order valence-corrected chi connectivity index (χ1v) is 11.5. The summed E-state index contributed by atoms with van der Waals surface area (Å²) in [5.41, 5.74) is 5.28. The largest absolute Gasteiger partial charge is 0.396 e. The molecule has 3 aromatic rings. The summed E-state index contributed by atoms with van der Waals surface area (Å²) in [5.74, 6) is 1.12. The zero-order chi connectivity index (χ0) is 21.1. The molecule has 0 fully saturated rings. The molecule has 5 rings (SSSR count). The fourth-order valence-corrected chi connectivity index (χ4v) is 5.43. The van der Waals surface area contributed by atoms with Crippen LogP contribution in [0.3, 0.4) is 0 Å². The van der Waals surface area contributed by atoms with Gasteiger partial charge in [-0.2, -0.15) is 0 Å². The zero-order valence-electron chi connectivity index (χ0n) is 17.9. The minimum absolute atomic E-state index is 0.0566. The first-order chi connectivity index (χ1) is 15.3. The third kappa shape index (κ3) is 3.68. The summed E-state index contributed by atoms with van der Waals surface area (Å²) in [7, 11) is 0. The Hall–Kier alpha value is -2.91. The highest BCUT2D eigenvalue weighted by atomic mass is 16.2. The lowest BCUT2D eigenvalue weighted by Gasteiger charge is -2.32. The molecule has 0 radical (unpaired) electrons. The molecule has 1 aliphatic carbocycles. The van der Waals surface area contributed by atoms with Gasteiger partial charge in [-0.3, -0.25) is 4.99 Å². The van der Waals surface area contributed by atoms with Gasteiger partial charge in [0.1, 0.15) is 11.9 Å². The van der Waals surface area contributed by atoms with E-state index in [1.807, 2.05) is 0 Å². The number of unbranched alkanes of at least 4 members (excludes halogenated alkanes) is 1. The molecule has 0 aromatic heterocycles. The fraction of sp³-hybridized carbons (Fsp3) is 0.321. The number of rotatable bonds is 7. The molecule has 3 atom stereocenters. The number of hydrogen-bond acceptors (Lipinski definition) is 3. The summed E-state index contributed by atoms with van der Waals surface area (Å²) in [5, 5.41) is 13.3. The number of aliphatic imine (C=N–C) groups is 1. The summed E-state index contributed by atoms with van der Waals surface area (Å²) in [6.45, 7) is 0.247. The second-order valence-electron chi connectivity index (χ2n) is 8.79. The number of nitrogens with zero attached hydrogens (tertiary/aromatic N) is 1. The van der Waals surface area contributed by atoms with Gasteiger partial charge in [0.05, 0.1) is 11.5 Å². The Bertz CT molecular complexity index is 1050. The molecule has 2 aliphatic rings. The number of aryl methyl sites for hydroxylation is 1. The van der Waals surface area contributed by atoms with E-state index in [1.165, 1.54) is 22.3 Å². The molecule has 0 spiro atoms. The van der Waals surface area contributed by atoms with E-state index in [0.29, 0.717) is 0 Å². The lowest BCUT2D eigenvalue weighted by Crippen LogP contribution is -2.41. The number of hydrogen-bond donors (Lipinski definition) is 2. The van der Waals surface area contributed by atoms with E-state index >= 15 is 0 Å². The number of benzene rings is 3. The third-order valence-electron chi connectivity index (χ3n) is 6.99. The molecule has 2 N–H and O–H groups in total. The van der Waals surface area contributed by atoms with Crippen LogP contribution in [-0.4, -0.2) is 17.5 Å². The molecular weight excluding hydrogens is 380 g/mol. The maximum Gasteiger partial charge on any atom is 0.108 e. The van der Waals surface area contributed by atoms with Crippen molar-refractivity contribution in [2.24, 2.45) is 4.99 Å². The molecular formula is C28H30N2O. The molecule has 0 bridgehead atoms. The van der Waals surface area contributed by atoms with Crippen molar-refractivity contribution >= 4 is 5.84 Å². The lowest BCUT2D eigenvalue weighted by atomic mass is 9.76. The summed E-state index contributed by atoms with van der Waals surface area (Å²) in [6.07, 6.45) is 5.01. The molecule has 3 heteroatoms. The van der Waals surface area contributed by atoms with Crippen molar-refractivity contribution in [3.8, 4) is 0 Å². The molecule has 0 saturated carbocycles. The van der Waals surface area contributed by atoms with Crippen LogP contribution in [0.4, 0.5) is 0 Å². The lowest BCUT2D eigenvalue weighted by molar-refractivity contribution is 0.278. The SMILES string of the molecule is OCCCC[C@]1(C2=N[C@H](c3ccccc3)[C@@H](c3ccccc3)N2)CCc2ccccc21. The second kappa shape index (κ2) is 8.68. The number of aliphatic hydroxyl groups is 1. The first-order valence-electron chi connectivity index (χ1n) is 11.5. The van der Waals surface area contributed by atoms with Crippen LogP contribution in [0.15, 0.2) is 89.9 Å². The number of fused-ring (bicyclic) bond motifs is 1. The first kappa shape index (κ1) is 20.0. The Morgan fingerprint density at radius 1 is 0.839 bits per heavy atom. The van der Waals surface area contributed by atoms with Gasteiger partial charge in [-0.1, -0.05) is 84.9 Å². The molecule has 0 saturated heterocycles. The average Bonchev–Trinajstić information content (AvgIpc) is 3.44. The minimum atomic E-state index is -0.0949. The summed E-state index contributed by atoms with van der Waals surface area (Å²) in [6, 6.07) is 30.4. The highest BCUT2D eigenvalue weighted by Crippen LogP contribution is 2.47. The average molecular weight is 411 g/mol. The molecule has 0 amide bonds. The van der Waals surface area contributed by atoms with Gasteiger partial charge in [0.2, 0.25) is 0 Å². The predicted molar refractivity (Wildman–Crippen MR) is 126 cm³/mol. The van der Waals surface area contributed by atoms with Gasteiger partial charge in [-0.15, -0.1) is 0 Å².